The van der Waals surface area contributed by atoms with Gasteiger partial charge >= 0.3 is 0 Å². The Morgan fingerprint density at radius 3 is 2.80 bits per heavy atom. The fraction of sp³-hybridized carbons (Fsp3) is 0.143. The number of nitrogen functional groups attached to an aromatic ring is 1. The van der Waals surface area contributed by atoms with E-state index >= 15 is 0 Å². The molecule has 0 saturated heterocycles. The first-order valence-corrected chi connectivity index (χ1v) is 6.76. The van der Waals surface area contributed by atoms with Gasteiger partial charge in [-0.1, -0.05) is 12.1 Å². The molecule has 0 atom stereocenters. The van der Waals surface area contributed by atoms with Crippen LogP contribution in [0.1, 0.15) is 5.69 Å². The van der Waals surface area contributed by atoms with E-state index in [9.17, 15) is 4.79 Å². The van der Waals surface area contributed by atoms with E-state index in [-0.39, 0.29) is 12.5 Å². The molecule has 3 N–H and O–H groups in total. The van der Waals surface area contributed by atoms with E-state index in [1.54, 1.807) is 36.4 Å². The number of ether oxygens (including phenoxy) is 1. The molecule has 1 heterocycles. The molecule has 0 aliphatic carbocycles. The second-order valence-corrected chi connectivity index (χ2v) is 4.95. The normalized spacial score (nSPS) is 10.1. The summed E-state index contributed by atoms with van der Waals surface area (Å²) in [6.45, 7) is 1.71. The smallest absolute Gasteiger partial charge is 0.262 e. The fourth-order valence-electron chi connectivity index (χ4n) is 1.60. The first kappa shape index (κ1) is 14.3. The molecule has 0 radical (unpaired) electrons. The number of carbonyl (C=O) groups is 1. The van der Waals surface area contributed by atoms with Gasteiger partial charge in [-0.15, -0.1) is 0 Å². The van der Waals surface area contributed by atoms with E-state index in [1.807, 2.05) is 6.92 Å². The number of hydrogen-bond acceptors (Lipinski definition) is 4. The van der Waals surface area contributed by atoms with Crippen LogP contribution in [0.5, 0.6) is 5.75 Å². The van der Waals surface area contributed by atoms with Crippen molar-refractivity contribution < 1.29 is 9.53 Å². The van der Waals surface area contributed by atoms with Crippen LogP contribution in [0.2, 0.25) is 0 Å². The number of hydrogen-bond donors (Lipinski definition) is 2. The van der Waals surface area contributed by atoms with Crippen molar-refractivity contribution in [2.24, 2.45) is 0 Å². The molecule has 0 fully saturated rings. The number of halogens is 1. The average Bonchev–Trinajstić information content (AvgIpc) is 2.41. The maximum absolute atomic E-state index is 11.8. The van der Waals surface area contributed by atoms with Crippen molar-refractivity contribution >= 4 is 33.2 Å². The van der Waals surface area contributed by atoms with Gasteiger partial charge in [-0.3, -0.25) is 4.79 Å². The average molecular weight is 336 g/mol. The summed E-state index contributed by atoms with van der Waals surface area (Å²) in [4.78, 5) is 16.0. The minimum Gasteiger partial charge on any atom is -0.482 e. The summed E-state index contributed by atoms with van der Waals surface area (Å²) in [5, 5.41) is 2.74. The lowest BCUT2D eigenvalue weighted by atomic mass is 10.3. The van der Waals surface area contributed by atoms with Crippen molar-refractivity contribution in [1.82, 2.24) is 4.98 Å². The van der Waals surface area contributed by atoms with Crippen LogP contribution in [0, 0.1) is 6.92 Å². The molecule has 20 heavy (non-hydrogen) atoms. The molecular weight excluding hydrogens is 322 g/mol. The van der Waals surface area contributed by atoms with Crippen molar-refractivity contribution in [3.05, 3.63) is 46.7 Å². The number of nitrogens with zero attached hydrogens (tertiary/aromatic N) is 1. The number of aromatic nitrogens is 1. The Labute approximate surface area is 125 Å². The molecule has 0 saturated carbocycles. The van der Waals surface area contributed by atoms with Crippen LogP contribution >= 0.6 is 15.9 Å². The van der Waals surface area contributed by atoms with Crippen LogP contribution in [0.4, 0.5) is 11.4 Å². The van der Waals surface area contributed by atoms with Gasteiger partial charge in [-0.2, -0.15) is 0 Å². The van der Waals surface area contributed by atoms with Crippen molar-refractivity contribution in [3.63, 3.8) is 0 Å². The molecule has 0 aliphatic rings. The number of anilines is 2. The van der Waals surface area contributed by atoms with Crippen LogP contribution in [0.25, 0.3) is 0 Å². The van der Waals surface area contributed by atoms with Crippen molar-refractivity contribution in [1.29, 1.82) is 0 Å². The second-order valence-electron chi connectivity index (χ2n) is 4.14. The third kappa shape index (κ3) is 3.71. The summed E-state index contributed by atoms with van der Waals surface area (Å²) in [5.41, 5.74) is 7.61. The number of para-hydroxylation sites is 2. The molecule has 1 aromatic carbocycles. The zero-order valence-electron chi connectivity index (χ0n) is 10.9. The van der Waals surface area contributed by atoms with Crippen LogP contribution in [-0.2, 0) is 4.79 Å². The first-order valence-electron chi connectivity index (χ1n) is 5.96. The molecule has 104 valence electrons. The molecule has 0 spiro atoms. The zero-order chi connectivity index (χ0) is 14.5. The molecule has 0 unspecified atom stereocenters. The lowest BCUT2D eigenvalue weighted by Gasteiger charge is -2.10. The topological polar surface area (TPSA) is 77.2 Å². The summed E-state index contributed by atoms with van der Waals surface area (Å²) in [6.07, 6.45) is 0. The third-order valence-electron chi connectivity index (χ3n) is 2.60. The van der Waals surface area contributed by atoms with Gasteiger partial charge in [0.15, 0.2) is 6.61 Å². The molecule has 2 rings (SSSR count). The molecule has 1 amide bonds. The number of carbonyl (C=O) groups excluding carboxylic acids is 1. The number of aryl methyl sites for hydroxylation is 1. The van der Waals surface area contributed by atoms with Gasteiger partial charge < -0.3 is 15.8 Å². The van der Waals surface area contributed by atoms with Crippen LogP contribution < -0.4 is 15.8 Å². The molecule has 1 aromatic heterocycles. The lowest BCUT2D eigenvalue weighted by Crippen LogP contribution is -2.21. The molecule has 0 aliphatic heterocycles. The molecule has 5 nitrogen and oxygen atoms in total. The maximum Gasteiger partial charge on any atom is 0.262 e. The Bertz CT molecular complexity index is 632. The number of nitrogens with two attached hydrogens (primary N) is 1. The summed E-state index contributed by atoms with van der Waals surface area (Å²) in [7, 11) is 0. The van der Waals surface area contributed by atoms with Gasteiger partial charge in [0.05, 0.1) is 17.1 Å². The zero-order valence-corrected chi connectivity index (χ0v) is 12.5. The van der Waals surface area contributed by atoms with Gasteiger partial charge in [0.25, 0.3) is 5.91 Å². The third-order valence-corrected chi connectivity index (χ3v) is 3.05. The van der Waals surface area contributed by atoms with E-state index in [0.717, 1.165) is 10.3 Å². The minimum absolute atomic E-state index is 0.107. The van der Waals surface area contributed by atoms with E-state index in [1.165, 1.54) is 0 Å². The minimum atomic E-state index is -0.263. The van der Waals surface area contributed by atoms with Crippen molar-refractivity contribution in [2.75, 3.05) is 17.7 Å². The van der Waals surface area contributed by atoms with Crippen molar-refractivity contribution in [2.45, 2.75) is 6.92 Å². The summed E-state index contributed by atoms with van der Waals surface area (Å²) < 4.78 is 6.09. The number of pyridine rings is 1. The number of benzene rings is 1. The first-order chi connectivity index (χ1) is 9.56. The van der Waals surface area contributed by atoms with Gasteiger partial charge in [-0.25, -0.2) is 4.98 Å². The predicted octanol–water partition coefficient (Wildman–Crippen LogP) is 2.75. The van der Waals surface area contributed by atoms with E-state index in [4.69, 9.17) is 10.5 Å². The lowest BCUT2D eigenvalue weighted by molar-refractivity contribution is -0.118. The molecule has 6 heteroatoms. The summed E-state index contributed by atoms with van der Waals surface area (Å²) >= 11 is 3.27. The van der Waals surface area contributed by atoms with Gasteiger partial charge in [-0.05, 0) is 47.1 Å². The number of nitrogens with one attached hydrogen (secondary N) is 1. The highest BCUT2D eigenvalue weighted by molar-refractivity contribution is 9.10. The Hall–Kier alpha value is -2.08. The van der Waals surface area contributed by atoms with Crippen LogP contribution in [0.3, 0.4) is 0 Å². The molecular formula is C14H14BrN3O2. The highest BCUT2D eigenvalue weighted by Gasteiger charge is 2.08. The highest BCUT2D eigenvalue weighted by Crippen LogP contribution is 2.20. The molecule has 0 bridgehead atoms. The Morgan fingerprint density at radius 1 is 1.35 bits per heavy atom. The fourth-order valence-corrected chi connectivity index (χ4v) is 2.00. The number of rotatable bonds is 4. The quantitative estimate of drug-likeness (QED) is 0.665. The summed E-state index contributed by atoms with van der Waals surface area (Å²) in [5.74, 6) is 0.230. The Balaban J connectivity index is 1.94. The SMILES string of the molecule is Cc1nc(Br)ccc1NC(=O)COc1ccccc1N. The Morgan fingerprint density at radius 2 is 2.10 bits per heavy atom. The van der Waals surface area contributed by atoms with E-state index in [0.29, 0.717) is 17.1 Å². The van der Waals surface area contributed by atoms with Gasteiger partial charge in [0, 0.05) is 0 Å². The van der Waals surface area contributed by atoms with Crippen molar-refractivity contribution in [3.8, 4) is 5.75 Å². The monoisotopic (exact) mass is 335 g/mol. The van der Waals surface area contributed by atoms with Gasteiger partial charge in [0.2, 0.25) is 0 Å². The van der Waals surface area contributed by atoms with E-state index in [2.05, 4.69) is 26.2 Å². The summed E-state index contributed by atoms with van der Waals surface area (Å²) in [6, 6.07) is 10.6. The predicted molar refractivity (Wildman–Crippen MR) is 81.7 cm³/mol. The van der Waals surface area contributed by atoms with E-state index < -0.39 is 0 Å². The second kappa shape index (κ2) is 6.38. The Kier molecular flexibility index (Phi) is 4.57. The van der Waals surface area contributed by atoms with Crippen LogP contribution in [-0.4, -0.2) is 17.5 Å². The maximum atomic E-state index is 11.8. The number of amides is 1. The van der Waals surface area contributed by atoms with Gasteiger partial charge in [0.1, 0.15) is 10.4 Å². The van der Waals surface area contributed by atoms with Crippen LogP contribution in [0.15, 0.2) is 41.0 Å². The largest absolute Gasteiger partial charge is 0.482 e. The standard InChI is InChI=1S/C14H14BrN3O2/c1-9-11(6-7-13(15)17-9)18-14(19)8-20-12-5-3-2-4-10(12)16/h2-7H,8,16H2,1H3,(H,18,19). The highest BCUT2D eigenvalue weighted by atomic mass is 79.9. The molecule has 2 aromatic rings.